The second-order valence-electron chi connectivity index (χ2n) is 3.64. The third-order valence-electron chi connectivity index (χ3n) is 2.38. The van der Waals surface area contributed by atoms with Crippen molar-refractivity contribution in [2.45, 2.75) is 6.42 Å². The lowest BCUT2D eigenvalue weighted by atomic mass is 10.1. The topological polar surface area (TPSA) is 65.8 Å². The van der Waals surface area contributed by atoms with Crippen molar-refractivity contribution in [1.82, 2.24) is 4.98 Å². The standard InChI is InChI=1S/C14H11N3O/c15-9-8-14(18)17-13-7-2-1-5-11(13)12-6-3-4-10-16-12/h1-7,10H,8H2,(H,17,18). The number of pyridine rings is 1. The molecule has 1 aromatic heterocycles. The third kappa shape index (κ3) is 2.71. The van der Waals surface area contributed by atoms with E-state index in [1.54, 1.807) is 12.3 Å². The minimum Gasteiger partial charge on any atom is -0.325 e. The van der Waals surface area contributed by atoms with Gasteiger partial charge in [0.25, 0.3) is 0 Å². The zero-order valence-electron chi connectivity index (χ0n) is 9.63. The number of nitrogens with one attached hydrogen (secondary N) is 1. The van der Waals surface area contributed by atoms with Gasteiger partial charge in [0.2, 0.25) is 5.91 Å². The molecule has 88 valence electrons. The molecular formula is C14H11N3O. The first-order valence-corrected chi connectivity index (χ1v) is 5.48. The summed E-state index contributed by atoms with van der Waals surface area (Å²) in [5.74, 6) is -0.319. The Kier molecular flexibility index (Phi) is 3.67. The lowest BCUT2D eigenvalue weighted by Gasteiger charge is -2.09. The molecule has 18 heavy (non-hydrogen) atoms. The summed E-state index contributed by atoms with van der Waals surface area (Å²) >= 11 is 0. The van der Waals surface area contributed by atoms with Crippen molar-refractivity contribution in [3.05, 3.63) is 48.7 Å². The number of para-hydroxylation sites is 1. The summed E-state index contributed by atoms with van der Waals surface area (Å²) in [7, 11) is 0. The lowest BCUT2D eigenvalue weighted by molar-refractivity contribution is -0.115. The van der Waals surface area contributed by atoms with Crippen LogP contribution in [0.4, 0.5) is 5.69 Å². The fraction of sp³-hybridized carbons (Fsp3) is 0.0714. The van der Waals surface area contributed by atoms with Crippen LogP contribution in [-0.2, 0) is 4.79 Å². The van der Waals surface area contributed by atoms with E-state index < -0.39 is 0 Å². The Bertz CT molecular complexity index is 587. The van der Waals surface area contributed by atoms with Gasteiger partial charge in [-0.15, -0.1) is 0 Å². The van der Waals surface area contributed by atoms with Gasteiger partial charge in [0.15, 0.2) is 0 Å². The fourth-order valence-electron chi connectivity index (χ4n) is 1.60. The number of rotatable bonds is 3. The number of nitrogens with zero attached hydrogens (tertiary/aromatic N) is 2. The predicted molar refractivity (Wildman–Crippen MR) is 68.5 cm³/mol. The van der Waals surface area contributed by atoms with Crippen LogP contribution in [0.3, 0.4) is 0 Å². The monoisotopic (exact) mass is 237 g/mol. The minimum atomic E-state index is -0.319. The average molecular weight is 237 g/mol. The Morgan fingerprint density at radius 1 is 1.22 bits per heavy atom. The van der Waals surface area contributed by atoms with E-state index in [0.29, 0.717) is 5.69 Å². The van der Waals surface area contributed by atoms with Gasteiger partial charge in [-0.05, 0) is 18.2 Å². The maximum atomic E-state index is 11.4. The lowest BCUT2D eigenvalue weighted by Crippen LogP contribution is -2.11. The molecule has 2 rings (SSSR count). The van der Waals surface area contributed by atoms with Crippen LogP contribution in [0.2, 0.25) is 0 Å². The molecule has 4 heteroatoms. The quantitative estimate of drug-likeness (QED) is 0.892. The largest absolute Gasteiger partial charge is 0.325 e. The van der Waals surface area contributed by atoms with Gasteiger partial charge >= 0.3 is 0 Å². The van der Waals surface area contributed by atoms with Crippen LogP contribution in [0.15, 0.2) is 48.7 Å². The molecular weight excluding hydrogens is 226 g/mol. The molecule has 0 atom stereocenters. The normalized spacial score (nSPS) is 9.50. The zero-order valence-corrected chi connectivity index (χ0v) is 9.63. The van der Waals surface area contributed by atoms with Crippen molar-refractivity contribution in [2.75, 3.05) is 5.32 Å². The fourth-order valence-corrected chi connectivity index (χ4v) is 1.60. The van der Waals surface area contributed by atoms with E-state index in [0.717, 1.165) is 11.3 Å². The van der Waals surface area contributed by atoms with E-state index in [-0.39, 0.29) is 12.3 Å². The SMILES string of the molecule is N#CCC(=O)Nc1ccccc1-c1ccccn1. The number of benzene rings is 1. The van der Waals surface area contributed by atoms with Crippen molar-refractivity contribution in [1.29, 1.82) is 5.26 Å². The van der Waals surface area contributed by atoms with Crippen molar-refractivity contribution < 1.29 is 4.79 Å². The zero-order chi connectivity index (χ0) is 12.8. The van der Waals surface area contributed by atoms with Gasteiger partial charge in [-0.1, -0.05) is 24.3 Å². The first-order valence-electron chi connectivity index (χ1n) is 5.48. The second-order valence-corrected chi connectivity index (χ2v) is 3.64. The summed E-state index contributed by atoms with van der Waals surface area (Å²) in [6.45, 7) is 0. The number of hydrogen-bond donors (Lipinski definition) is 1. The van der Waals surface area contributed by atoms with Crippen molar-refractivity contribution in [2.24, 2.45) is 0 Å². The Labute approximate surface area is 105 Å². The first-order chi connectivity index (χ1) is 8.81. The number of anilines is 1. The Balaban J connectivity index is 2.32. The summed E-state index contributed by atoms with van der Waals surface area (Å²) in [6.07, 6.45) is 1.54. The molecule has 0 saturated heterocycles. The maximum Gasteiger partial charge on any atom is 0.238 e. The van der Waals surface area contributed by atoms with Crippen LogP contribution in [0, 0.1) is 11.3 Å². The molecule has 1 aromatic carbocycles. The van der Waals surface area contributed by atoms with Crippen molar-refractivity contribution in [3.8, 4) is 17.3 Å². The van der Waals surface area contributed by atoms with Crippen LogP contribution in [-0.4, -0.2) is 10.9 Å². The molecule has 1 amide bonds. The molecule has 0 unspecified atom stereocenters. The molecule has 1 heterocycles. The van der Waals surface area contributed by atoms with Gasteiger partial charge in [-0.25, -0.2) is 0 Å². The number of carbonyl (C=O) groups excluding carboxylic acids is 1. The number of carbonyl (C=O) groups is 1. The molecule has 0 aliphatic rings. The highest BCUT2D eigenvalue weighted by molar-refractivity contribution is 5.95. The van der Waals surface area contributed by atoms with Gasteiger partial charge in [0, 0.05) is 11.8 Å². The molecule has 0 saturated carbocycles. The molecule has 2 aromatic rings. The summed E-state index contributed by atoms with van der Waals surface area (Å²) in [5, 5.41) is 11.2. The molecule has 0 aliphatic carbocycles. The maximum absolute atomic E-state index is 11.4. The van der Waals surface area contributed by atoms with E-state index >= 15 is 0 Å². The highest BCUT2D eigenvalue weighted by Gasteiger charge is 2.08. The highest BCUT2D eigenvalue weighted by atomic mass is 16.1. The third-order valence-corrected chi connectivity index (χ3v) is 2.38. The van der Waals surface area contributed by atoms with Gasteiger partial charge in [0.05, 0.1) is 17.5 Å². The number of amides is 1. The van der Waals surface area contributed by atoms with E-state index in [1.807, 2.05) is 42.5 Å². The summed E-state index contributed by atoms with van der Waals surface area (Å²) in [6, 6.07) is 14.8. The smallest absolute Gasteiger partial charge is 0.238 e. The molecule has 0 spiro atoms. The first kappa shape index (κ1) is 11.8. The molecule has 0 radical (unpaired) electrons. The van der Waals surface area contributed by atoms with Crippen molar-refractivity contribution in [3.63, 3.8) is 0 Å². The summed E-state index contributed by atoms with van der Waals surface area (Å²) < 4.78 is 0. The summed E-state index contributed by atoms with van der Waals surface area (Å²) in [5.41, 5.74) is 2.28. The van der Waals surface area contributed by atoms with E-state index in [4.69, 9.17) is 5.26 Å². The summed E-state index contributed by atoms with van der Waals surface area (Å²) in [4.78, 5) is 15.7. The molecule has 1 N–H and O–H groups in total. The number of hydrogen-bond acceptors (Lipinski definition) is 3. The Hall–Kier alpha value is -2.67. The van der Waals surface area contributed by atoms with Crippen molar-refractivity contribution >= 4 is 11.6 Å². The molecule has 0 bridgehead atoms. The molecule has 0 aliphatic heterocycles. The Morgan fingerprint density at radius 3 is 2.72 bits per heavy atom. The molecule has 0 fully saturated rings. The van der Waals surface area contributed by atoms with Gasteiger partial charge < -0.3 is 5.32 Å². The number of nitriles is 1. The highest BCUT2D eigenvalue weighted by Crippen LogP contribution is 2.25. The van der Waals surface area contributed by atoms with Crippen LogP contribution in [0.25, 0.3) is 11.3 Å². The van der Waals surface area contributed by atoms with Crippen LogP contribution in [0.1, 0.15) is 6.42 Å². The number of aromatic nitrogens is 1. The van der Waals surface area contributed by atoms with Gasteiger partial charge in [-0.2, -0.15) is 5.26 Å². The van der Waals surface area contributed by atoms with Gasteiger partial charge in [-0.3, -0.25) is 9.78 Å². The average Bonchev–Trinajstić information content (AvgIpc) is 2.40. The molecule has 4 nitrogen and oxygen atoms in total. The van der Waals surface area contributed by atoms with E-state index in [9.17, 15) is 4.79 Å². The predicted octanol–water partition coefficient (Wildman–Crippen LogP) is 2.60. The van der Waals surface area contributed by atoms with E-state index in [1.165, 1.54) is 0 Å². The van der Waals surface area contributed by atoms with Gasteiger partial charge in [0.1, 0.15) is 6.42 Å². The second kappa shape index (κ2) is 5.60. The van der Waals surface area contributed by atoms with Crippen LogP contribution < -0.4 is 5.32 Å². The Morgan fingerprint density at radius 2 is 2.00 bits per heavy atom. The minimum absolute atomic E-state index is 0.156. The van der Waals surface area contributed by atoms with Crippen LogP contribution in [0.5, 0.6) is 0 Å². The van der Waals surface area contributed by atoms with Crippen LogP contribution >= 0.6 is 0 Å². The van der Waals surface area contributed by atoms with E-state index in [2.05, 4.69) is 10.3 Å².